The summed E-state index contributed by atoms with van der Waals surface area (Å²) in [4.78, 5) is 12.6. The molecule has 4 heteroatoms. The average Bonchev–Trinajstić information content (AvgIpc) is 2.93. The fourth-order valence-electron chi connectivity index (χ4n) is 3.77. The molecule has 0 radical (unpaired) electrons. The molecule has 0 amide bonds. The van der Waals surface area contributed by atoms with Gasteiger partial charge in [0.1, 0.15) is 17.6 Å². The van der Waals surface area contributed by atoms with Crippen molar-refractivity contribution >= 4 is 5.78 Å². The Bertz CT molecular complexity index is 809. The van der Waals surface area contributed by atoms with Crippen molar-refractivity contribution in [1.82, 2.24) is 0 Å². The Morgan fingerprint density at radius 2 is 1.91 bits per heavy atom. The van der Waals surface area contributed by atoms with Gasteiger partial charge >= 0.3 is 0 Å². The molecule has 0 spiro atoms. The Kier molecular flexibility index (Phi) is 3.16. The minimum Gasteiger partial charge on any atom is -0.508 e. The number of ketones is 1. The van der Waals surface area contributed by atoms with Crippen molar-refractivity contribution in [3.63, 3.8) is 0 Å². The molecule has 23 heavy (non-hydrogen) atoms. The smallest absolute Gasteiger partial charge is 0.163 e. The molecule has 0 fully saturated rings. The molecule has 0 aromatic heterocycles. The van der Waals surface area contributed by atoms with E-state index in [0.717, 1.165) is 23.1 Å². The van der Waals surface area contributed by atoms with Crippen molar-refractivity contribution in [1.29, 1.82) is 0 Å². The lowest BCUT2D eigenvalue weighted by atomic mass is 9.79. The highest BCUT2D eigenvalue weighted by Gasteiger charge is 2.35. The fourth-order valence-corrected chi connectivity index (χ4v) is 3.77. The van der Waals surface area contributed by atoms with E-state index in [-0.39, 0.29) is 23.9 Å². The van der Waals surface area contributed by atoms with Crippen LogP contribution in [0.5, 0.6) is 11.5 Å². The van der Waals surface area contributed by atoms with Gasteiger partial charge in [0.2, 0.25) is 0 Å². The zero-order chi connectivity index (χ0) is 16.1. The van der Waals surface area contributed by atoms with Crippen molar-refractivity contribution in [3.8, 4) is 11.5 Å². The van der Waals surface area contributed by atoms with Crippen LogP contribution in [0.3, 0.4) is 0 Å². The first-order valence-corrected chi connectivity index (χ1v) is 7.86. The number of phenols is 2. The van der Waals surface area contributed by atoms with E-state index in [2.05, 4.69) is 6.92 Å². The summed E-state index contributed by atoms with van der Waals surface area (Å²) in [5.41, 5.74) is 3.66. The predicted octanol–water partition coefficient (Wildman–Crippen LogP) is 3.48. The molecule has 2 N–H and O–H groups in total. The monoisotopic (exact) mass is 310 g/mol. The van der Waals surface area contributed by atoms with Crippen molar-refractivity contribution in [2.45, 2.75) is 32.5 Å². The number of carbonyl (C=O) groups excluding carboxylic acids is 1. The average molecular weight is 310 g/mol. The minimum atomic E-state index is -0.510. The molecule has 1 aliphatic carbocycles. The molecule has 0 saturated carbocycles. The molecule has 2 aliphatic rings. The summed E-state index contributed by atoms with van der Waals surface area (Å²) in [6, 6.07) is 8.73. The summed E-state index contributed by atoms with van der Waals surface area (Å²) in [6.45, 7) is 2.34. The molecule has 118 valence electrons. The van der Waals surface area contributed by atoms with Crippen molar-refractivity contribution in [2.75, 3.05) is 0 Å². The molecule has 0 bridgehead atoms. The molecule has 2 aromatic carbocycles. The third-order valence-electron chi connectivity index (χ3n) is 4.82. The maximum absolute atomic E-state index is 12.6. The lowest BCUT2D eigenvalue weighted by molar-refractivity contribution is 0.0859. The van der Waals surface area contributed by atoms with Crippen molar-refractivity contribution < 1.29 is 19.7 Å². The number of ether oxygens (including phenoxy) is 1. The van der Waals surface area contributed by atoms with E-state index >= 15 is 0 Å². The summed E-state index contributed by atoms with van der Waals surface area (Å²) < 4.78 is 5.84. The summed E-state index contributed by atoms with van der Waals surface area (Å²) in [5.74, 6) is 0.636. The van der Waals surface area contributed by atoms with Gasteiger partial charge in [0.05, 0.1) is 6.61 Å². The Morgan fingerprint density at radius 1 is 1.09 bits per heavy atom. The maximum atomic E-state index is 12.6. The summed E-state index contributed by atoms with van der Waals surface area (Å²) in [5, 5.41) is 20.4. The van der Waals surface area contributed by atoms with Crippen LogP contribution < -0.4 is 0 Å². The predicted molar refractivity (Wildman–Crippen MR) is 84.7 cm³/mol. The van der Waals surface area contributed by atoms with Crippen LogP contribution in [-0.2, 0) is 17.8 Å². The molecular formula is C19H18O4. The lowest BCUT2D eigenvalue weighted by Crippen LogP contribution is -2.21. The topological polar surface area (TPSA) is 66.8 Å². The molecule has 0 saturated heterocycles. The van der Waals surface area contributed by atoms with Crippen LogP contribution in [0.1, 0.15) is 52.1 Å². The van der Waals surface area contributed by atoms with Gasteiger partial charge in [-0.2, -0.15) is 0 Å². The van der Waals surface area contributed by atoms with Crippen LogP contribution in [0.25, 0.3) is 0 Å². The molecular weight excluding hydrogens is 292 g/mol. The van der Waals surface area contributed by atoms with E-state index in [9.17, 15) is 15.0 Å². The number of benzene rings is 2. The first kappa shape index (κ1) is 14.3. The van der Waals surface area contributed by atoms with Gasteiger partial charge < -0.3 is 14.9 Å². The first-order valence-electron chi connectivity index (χ1n) is 7.86. The van der Waals surface area contributed by atoms with Crippen LogP contribution in [0.15, 0.2) is 30.3 Å². The number of carbonyl (C=O) groups is 1. The van der Waals surface area contributed by atoms with Gasteiger partial charge in [-0.3, -0.25) is 4.79 Å². The highest BCUT2D eigenvalue weighted by Crippen LogP contribution is 2.45. The molecule has 2 aromatic rings. The molecule has 1 aliphatic heterocycles. The van der Waals surface area contributed by atoms with E-state index in [1.54, 1.807) is 18.2 Å². The summed E-state index contributed by atoms with van der Waals surface area (Å²) in [6.07, 6.45) is 0.807. The quantitative estimate of drug-likeness (QED) is 0.846. The van der Waals surface area contributed by atoms with E-state index in [1.807, 2.05) is 12.1 Å². The van der Waals surface area contributed by atoms with Crippen LogP contribution >= 0.6 is 0 Å². The van der Waals surface area contributed by atoms with Gasteiger partial charge in [0.15, 0.2) is 5.78 Å². The second-order valence-electron chi connectivity index (χ2n) is 6.51. The summed E-state index contributed by atoms with van der Waals surface area (Å²) >= 11 is 0. The fraction of sp³-hybridized carbons (Fsp3) is 0.316. The number of rotatable bonds is 1. The second-order valence-corrected chi connectivity index (χ2v) is 6.51. The van der Waals surface area contributed by atoms with E-state index in [4.69, 9.17) is 4.74 Å². The van der Waals surface area contributed by atoms with Gasteiger partial charge in [0, 0.05) is 23.1 Å². The molecule has 1 heterocycles. The van der Waals surface area contributed by atoms with Crippen molar-refractivity contribution in [2.24, 2.45) is 5.92 Å². The Labute approximate surface area is 134 Å². The van der Waals surface area contributed by atoms with Gasteiger partial charge in [-0.1, -0.05) is 25.1 Å². The number of hydrogen-bond acceptors (Lipinski definition) is 4. The van der Waals surface area contributed by atoms with Gasteiger partial charge in [-0.15, -0.1) is 0 Å². The highest BCUT2D eigenvalue weighted by molar-refractivity contribution is 6.01. The Morgan fingerprint density at radius 3 is 2.74 bits per heavy atom. The molecule has 0 unspecified atom stereocenters. The third kappa shape index (κ3) is 2.13. The third-order valence-corrected chi connectivity index (χ3v) is 4.82. The van der Waals surface area contributed by atoms with E-state index in [1.165, 1.54) is 0 Å². The molecule has 4 nitrogen and oxygen atoms in total. The second kappa shape index (κ2) is 5.10. The first-order chi connectivity index (χ1) is 11.1. The van der Waals surface area contributed by atoms with Crippen LogP contribution in [-0.4, -0.2) is 16.0 Å². The number of fused-ring (bicyclic) bond motifs is 2. The van der Waals surface area contributed by atoms with Crippen LogP contribution in [0.2, 0.25) is 0 Å². The SMILES string of the molecule is C[C@@H]1CC(=O)c2c(ccc(O)c2[C@@H]2OCc3c(O)cccc32)C1. The molecule has 2 atom stereocenters. The number of phenolic OH excluding ortho intramolecular Hbond substituents is 2. The number of Topliss-reactive ketones (excluding diaryl/α,β-unsaturated/α-hetero) is 1. The number of hydrogen-bond donors (Lipinski definition) is 2. The van der Waals surface area contributed by atoms with Gasteiger partial charge in [0.25, 0.3) is 0 Å². The zero-order valence-corrected chi connectivity index (χ0v) is 12.9. The zero-order valence-electron chi connectivity index (χ0n) is 12.9. The minimum absolute atomic E-state index is 0.0573. The van der Waals surface area contributed by atoms with Crippen LogP contribution in [0, 0.1) is 5.92 Å². The largest absolute Gasteiger partial charge is 0.508 e. The van der Waals surface area contributed by atoms with Gasteiger partial charge in [-0.25, -0.2) is 0 Å². The maximum Gasteiger partial charge on any atom is 0.163 e. The van der Waals surface area contributed by atoms with E-state index in [0.29, 0.717) is 23.5 Å². The van der Waals surface area contributed by atoms with E-state index < -0.39 is 6.10 Å². The highest BCUT2D eigenvalue weighted by atomic mass is 16.5. The van der Waals surface area contributed by atoms with Crippen molar-refractivity contribution in [3.05, 3.63) is 58.1 Å². The molecule has 4 rings (SSSR count). The van der Waals surface area contributed by atoms with Gasteiger partial charge in [-0.05, 0) is 35.6 Å². The Balaban J connectivity index is 1.91. The normalized spacial score (nSPS) is 22.7. The lowest BCUT2D eigenvalue weighted by Gasteiger charge is -2.25. The number of aromatic hydroxyl groups is 2. The standard InChI is InChI=1S/C19H18O4/c1-10-7-11-5-6-15(21)18(17(11)16(22)8-10)19-12-3-2-4-14(20)13(12)9-23-19/h2-6,10,19-21H,7-9H2,1H3/t10-,19+/m0/s1. The van der Waals surface area contributed by atoms with Crippen LogP contribution in [0.4, 0.5) is 0 Å². The Hall–Kier alpha value is -2.33. The summed E-state index contributed by atoms with van der Waals surface area (Å²) in [7, 11) is 0.